The highest BCUT2D eigenvalue weighted by Crippen LogP contribution is 2.27. The Bertz CT molecular complexity index is 422. The van der Waals surface area contributed by atoms with Crippen molar-refractivity contribution in [2.45, 2.75) is 58.9 Å². The average Bonchev–Trinajstić information content (AvgIpc) is 2.95. The second kappa shape index (κ2) is 7.65. The maximum Gasteiger partial charge on any atom is 0.245 e. The largest absolute Gasteiger partial charge is 0.341 e. The van der Waals surface area contributed by atoms with Crippen LogP contribution in [0.4, 0.5) is 0 Å². The molecule has 0 radical (unpaired) electrons. The van der Waals surface area contributed by atoms with E-state index in [1.54, 1.807) is 0 Å². The minimum absolute atomic E-state index is 0.0290. The van der Waals surface area contributed by atoms with Gasteiger partial charge in [-0.05, 0) is 50.6 Å². The molecule has 0 spiro atoms. The highest BCUT2D eigenvalue weighted by Gasteiger charge is 2.38. The Morgan fingerprint density at radius 2 is 1.74 bits per heavy atom. The topological polar surface area (TPSA) is 52.7 Å². The van der Waals surface area contributed by atoms with E-state index < -0.39 is 0 Å². The average molecular weight is 323 g/mol. The molecule has 23 heavy (non-hydrogen) atoms. The minimum atomic E-state index is -0.217. The van der Waals surface area contributed by atoms with Gasteiger partial charge in [-0.2, -0.15) is 0 Å². The molecule has 0 aromatic rings. The smallest absolute Gasteiger partial charge is 0.245 e. The number of nitrogens with one attached hydrogen (secondary N) is 1. The molecular weight excluding hydrogens is 290 g/mol. The summed E-state index contributed by atoms with van der Waals surface area (Å²) < 4.78 is 0. The summed E-state index contributed by atoms with van der Waals surface area (Å²) in [7, 11) is 1.98. The van der Waals surface area contributed by atoms with Gasteiger partial charge >= 0.3 is 0 Å². The number of hydrogen-bond donors (Lipinski definition) is 1. The molecule has 2 saturated heterocycles. The molecule has 5 heteroatoms. The van der Waals surface area contributed by atoms with Crippen LogP contribution in [0.3, 0.4) is 0 Å². The van der Waals surface area contributed by atoms with Crippen molar-refractivity contribution >= 4 is 11.8 Å². The fourth-order valence-corrected chi connectivity index (χ4v) is 3.73. The lowest BCUT2D eigenvalue weighted by molar-refractivity contribution is -0.145. The first-order valence-electron chi connectivity index (χ1n) is 9.04. The Morgan fingerprint density at radius 1 is 1.09 bits per heavy atom. The Morgan fingerprint density at radius 3 is 2.30 bits per heavy atom. The van der Waals surface area contributed by atoms with Crippen LogP contribution in [-0.2, 0) is 9.59 Å². The SMILES string of the molecule is CNCC1CCN(C(=O)C2CCCN2C(=O)CC(C)(C)C)CC1. The van der Waals surface area contributed by atoms with Crippen LogP contribution in [0.15, 0.2) is 0 Å². The lowest BCUT2D eigenvalue weighted by atomic mass is 9.91. The van der Waals surface area contributed by atoms with Crippen molar-refractivity contribution in [1.82, 2.24) is 15.1 Å². The third-order valence-electron chi connectivity index (χ3n) is 4.96. The monoisotopic (exact) mass is 323 g/mol. The first kappa shape index (κ1) is 18.2. The predicted octanol–water partition coefficient (Wildman–Crippen LogP) is 1.87. The van der Waals surface area contributed by atoms with Gasteiger partial charge in [-0.25, -0.2) is 0 Å². The molecule has 2 rings (SSSR count). The molecule has 0 aromatic carbocycles. The number of likely N-dealkylation sites (tertiary alicyclic amines) is 2. The fraction of sp³-hybridized carbons (Fsp3) is 0.889. The molecule has 1 unspecified atom stereocenters. The van der Waals surface area contributed by atoms with Crippen molar-refractivity contribution in [3.63, 3.8) is 0 Å². The van der Waals surface area contributed by atoms with Gasteiger partial charge in [0.05, 0.1) is 0 Å². The van der Waals surface area contributed by atoms with E-state index in [2.05, 4.69) is 26.1 Å². The van der Waals surface area contributed by atoms with E-state index in [9.17, 15) is 9.59 Å². The molecule has 2 aliphatic rings. The predicted molar refractivity (Wildman–Crippen MR) is 92.0 cm³/mol. The maximum atomic E-state index is 12.9. The molecule has 132 valence electrons. The quantitative estimate of drug-likeness (QED) is 0.859. The summed E-state index contributed by atoms with van der Waals surface area (Å²) in [5, 5.41) is 3.22. The molecule has 0 aliphatic carbocycles. The summed E-state index contributed by atoms with van der Waals surface area (Å²) >= 11 is 0. The highest BCUT2D eigenvalue weighted by atomic mass is 16.2. The summed E-state index contributed by atoms with van der Waals surface area (Å²) in [5.74, 6) is 0.984. The van der Waals surface area contributed by atoms with Crippen molar-refractivity contribution in [2.24, 2.45) is 11.3 Å². The molecule has 2 heterocycles. The second-order valence-electron chi connectivity index (χ2n) is 8.31. The summed E-state index contributed by atoms with van der Waals surface area (Å²) in [5.41, 5.74) is -0.0290. The van der Waals surface area contributed by atoms with Gasteiger partial charge < -0.3 is 15.1 Å². The van der Waals surface area contributed by atoms with Gasteiger partial charge in [-0.3, -0.25) is 9.59 Å². The molecule has 1 N–H and O–H groups in total. The van der Waals surface area contributed by atoms with E-state index in [1.165, 1.54) is 0 Å². The van der Waals surface area contributed by atoms with E-state index in [-0.39, 0.29) is 23.3 Å². The normalized spacial score (nSPS) is 23.4. The molecular formula is C18H33N3O2. The Balaban J connectivity index is 1.92. The number of rotatable bonds is 4. The van der Waals surface area contributed by atoms with Crippen LogP contribution in [0.1, 0.15) is 52.9 Å². The Hall–Kier alpha value is -1.10. The van der Waals surface area contributed by atoms with Crippen LogP contribution >= 0.6 is 0 Å². The molecule has 5 nitrogen and oxygen atoms in total. The van der Waals surface area contributed by atoms with Crippen LogP contribution in [0.5, 0.6) is 0 Å². The van der Waals surface area contributed by atoms with E-state index in [1.807, 2.05) is 16.8 Å². The van der Waals surface area contributed by atoms with Crippen LogP contribution in [0, 0.1) is 11.3 Å². The number of nitrogens with zero attached hydrogens (tertiary/aromatic N) is 2. The van der Waals surface area contributed by atoms with E-state index >= 15 is 0 Å². The first-order valence-corrected chi connectivity index (χ1v) is 9.04. The summed E-state index contributed by atoms with van der Waals surface area (Å²) in [6, 6.07) is -0.217. The molecule has 0 aromatic heterocycles. The third kappa shape index (κ3) is 4.93. The Labute approximate surface area is 140 Å². The van der Waals surface area contributed by atoms with Crippen molar-refractivity contribution < 1.29 is 9.59 Å². The first-order chi connectivity index (χ1) is 10.8. The number of amides is 2. The van der Waals surface area contributed by atoms with Gasteiger partial charge in [-0.15, -0.1) is 0 Å². The molecule has 1 atom stereocenters. The molecule has 2 aliphatic heterocycles. The van der Waals surface area contributed by atoms with Crippen molar-refractivity contribution in [3.8, 4) is 0 Å². The second-order valence-corrected chi connectivity index (χ2v) is 8.31. The van der Waals surface area contributed by atoms with Crippen LogP contribution in [0.2, 0.25) is 0 Å². The van der Waals surface area contributed by atoms with E-state index in [4.69, 9.17) is 0 Å². The van der Waals surface area contributed by atoms with Crippen LogP contribution < -0.4 is 5.32 Å². The highest BCUT2D eigenvalue weighted by molar-refractivity contribution is 5.88. The number of hydrogen-bond acceptors (Lipinski definition) is 3. The summed E-state index contributed by atoms with van der Waals surface area (Å²) in [6.45, 7) is 9.66. The van der Waals surface area contributed by atoms with Crippen molar-refractivity contribution in [3.05, 3.63) is 0 Å². The van der Waals surface area contributed by atoms with Gasteiger partial charge in [0.15, 0.2) is 0 Å². The minimum Gasteiger partial charge on any atom is -0.341 e. The number of carbonyl (C=O) groups is 2. The van der Waals surface area contributed by atoms with Gasteiger partial charge in [-0.1, -0.05) is 20.8 Å². The van der Waals surface area contributed by atoms with Crippen molar-refractivity contribution in [2.75, 3.05) is 33.2 Å². The lowest BCUT2D eigenvalue weighted by Gasteiger charge is -2.36. The molecule has 2 fully saturated rings. The van der Waals surface area contributed by atoms with E-state index in [0.29, 0.717) is 12.3 Å². The molecule has 0 bridgehead atoms. The third-order valence-corrected chi connectivity index (χ3v) is 4.96. The maximum absolute atomic E-state index is 12.9. The zero-order chi connectivity index (χ0) is 17.0. The van der Waals surface area contributed by atoms with Crippen LogP contribution in [0.25, 0.3) is 0 Å². The van der Waals surface area contributed by atoms with Gasteiger partial charge in [0.1, 0.15) is 6.04 Å². The zero-order valence-electron chi connectivity index (χ0n) is 15.2. The Kier molecular flexibility index (Phi) is 6.06. The fourth-order valence-electron chi connectivity index (χ4n) is 3.73. The summed E-state index contributed by atoms with van der Waals surface area (Å²) in [4.78, 5) is 29.2. The number of piperidine rings is 1. The molecule has 0 saturated carbocycles. The zero-order valence-corrected chi connectivity index (χ0v) is 15.2. The summed E-state index contributed by atoms with van der Waals surface area (Å²) in [6.07, 6.45) is 4.42. The van der Waals surface area contributed by atoms with Crippen LogP contribution in [-0.4, -0.2) is 60.9 Å². The van der Waals surface area contributed by atoms with E-state index in [0.717, 1.165) is 51.9 Å². The van der Waals surface area contributed by atoms with Gasteiger partial charge in [0.25, 0.3) is 0 Å². The standard InChI is InChI=1S/C18H33N3O2/c1-18(2,3)12-16(22)21-9-5-6-15(21)17(23)20-10-7-14(8-11-20)13-19-4/h14-15,19H,5-13H2,1-4H3. The number of carbonyl (C=O) groups excluding carboxylic acids is 2. The van der Waals surface area contributed by atoms with Gasteiger partial charge in [0.2, 0.25) is 11.8 Å². The van der Waals surface area contributed by atoms with Crippen molar-refractivity contribution in [1.29, 1.82) is 0 Å². The molecule has 2 amide bonds. The van der Waals surface area contributed by atoms with Gasteiger partial charge in [0, 0.05) is 26.1 Å². The lowest BCUT2D eigenvalue weighted by Crippen LogP contribution is -2.50.